The molecular formula is C24H24BrN3O4S. The van der Waals surface area contributed by atoms with Gasteiger partial charge in [0, 0.05) is 16.8 Å². The van der Waals surface area contributed by atoms with Gasteiger partial charge >= 0.3 is 0 Å². The van der Waals surface area contributed by atoms with Crippen LogP contribution in [0.2, 0.25) is 0 Å². The summed E-state index contributed by atoms with van der Waals surface area (Å²) < 4.78 is 11.6. The fraction of sp³-hybridized carbons (Fsp3) is 0.208. The minimum absolute atomic E-state index is 0.145. The smallest absolute Gasteiger partial charge is 0.257 e. The second-order valence-electron chi connectivity index (χ2n) is 7.60. The zero-order chi connectivity index (χ0) is 23.8. The summed E-state index contributed by atoms with van der Waals surface area (Å²) in [5, 5.41) is 8.51. The second kappa shape index (κ2) is 11.6. The molecule has 33 heavy (non-hydrogen) atoms. The van der Waals surface area contributed by atoms with Crippen molar-refractivity contribution in [3.05, 3.63) is 82.2 Å². The first-order valence-corrected chi connectivity index (χ1v) is 11.5. The predicted octanol–water partition coefficient (Wildman–Crippen LogP) is 5.13. The van der Waals surface area contributed by atoms with Gasteiger partial charge in [-0.2, -0.15) is 0 Å². The average molecular weight is 530 g/mol. The SMILES string of the molecule is CC(C)COc1ccc(C(=O)NC(=S)Nc2ccc(C(=O)NCc3ccco3)cc2)cc1Br. The fourth-order valence-corrected chi connectivity index (χ4v) is 3.44. The molecule has 0 atom stereocenters. The Morgan fingerprint density at radius 1 is 1.06 bits per heavy atom. The van der Waals surface area contributed by atoms with E-state index in [0.29, 0.717) is 51.9 Å². The first-order chi connectivity index (χ1) is 15.8. The lowest BCUT2D eigenvalue weighted by Crippen LogP contribution is -2.34. The third-order valence-corrected chi connectivity index (χ3v) is 5.23. The van der Waals surface area contributed by atoms with E-state index < -0.39 is 0 Å². The van der Waals surface area contributed by atoms with Crippen molar-refractivity contribution >= 4 is 50.8 Å². The van der Waals surface area contributed by atoms with E-state index in [-0.39, 0.29) is 16.9 Å². The van der Waals surface area contributed by atoms with Gasteiger partial charge in [0.2, 0.25) is 0 Å². The van der Waals surface area contributed by atoms with Crippen molar-refractivity contribution < 1.29 is 18.7 Å². The molecule has 0 aliphatic rings. The number of halogens is 1. The first-order valence-electron chi connectivity index (χ1n) is 10.3. The highest BCUT2D eigenvalue weighted by molar-refractivity contribution is 9.10. The molecule has 0 aliphatic heterocycles. The summed E-state index contributed by atoms with van der Waals surface area (Å²) in [6, 6.07) is 15.4. The normalized spacial score (nSPS) is 10.5. The Hall–Kier alpha value is -3.17. The monoisotopic (exact) mass is 529 g/mol. The van der Waals surface area contributed by atoms with Crippen LogP contribution in [-0.2, 0) is 6.54 Å². The molecule has 0 radical (unpaired) electrons. The molecule has 0 saturated carbocycles. The number of hydrogen-bond acceptors (Lipinski definition) is 5. The van der Waals surface area contributed by atoms with E-state index in [1.165, 1.54) is 0 Å². The summed E-state index contributed by atoms with van der Waals surface area (Å²) in [5.74, 6) is 1.17. The molecule has 2 amide bonds. The predicted molar refractivity (Wildman–Crippen MR) is 134 cm³/mol. The number of anilines is 1. The number of rotatable bonds is 8. The molecule has 0 saturated heterocycles. The van der Waals surface area contributed by atoms with Gasteiger partial charge < -0.3 is 19.8 Å². The van der Waals surface area contributed by atoms with E-state index in [2.05, 4.69) is 45.7 Å². The zero-order valence-corrected chi connectivity index (χ0v) is 20.6. The molecule has 3 aromatic rings. The van der Waals surface area contributed by atoms with E-state index in [4.69, 9.17) is 21.4 Å². The van der Waals surface area contributed by atoms with E-state index in [1.54, 1.807) is 60.9 Å². The number of carbonyl (C=O) groups excluding carboxylic acids is 2. The molecule has 1 heterocycles. The Morgan fingerprint density at radius 2 is 1.79 bits per heavy atom. The summed E-state index contributed by atoms with van der Waals surface area (Å²) in [6.45, 7) is 5.02. The molecule has 0 fully saturated rings. The third kappa shape index (κ3) is 7.44. The maximum absolute atomic E-state index is 12.5. The number of nitrogens with one attached hydrogen (secondary N) is 3. The maximum Gasteiger partial charge on any atom is 0.257 e. The van der Waals surface area contributed by atoms with Gasteiger partial charge in [-0.25, -0.2) is 0 Å². The van der Waals surface area contributed by atoms with Crippen LogP contribution in [0.15, 0.2) is 69.8 Å². The van der Waals surface area contributed by atoms with Crippen molar-refractivity contribution in [2.24, 2.45) is 5.92 Å². The molecule has 7 nitrogen and oxygen atoms in total. The van der Waals surface area contributed by atoms with Crippen LogP contribution < -0.4 is 20.7 Å². The van der Waals surface area contributed by atoms with Crippen molar-refractivity contribution in [1.82, 2.24) is 10.6 Å². The van der Waals surface area contributed by atoms with Crippen LogP contribution in [0.4, 0.5) is 5.69 Å². The van der Waals surface area contributed by atoms with Crippen molar-refractivity contribution in [3.63, 3.8) is 0 Å². The molecule has 172 valence electrons. The molecule has 9 heteroatoms. The molecule has 2 aromatic carbocycles. The zero-order valence-electron chi connectivity index (χ0n) is 18.2. The second-order valence-corrected chi connectivity index (χ2v) is 8.86. The van der Waals surface area contributed by atoms with Gasteiger partial charge in [0.25, 0.3) is 11.8 Å². The van der Waals surface area contributed by atoms with Gasteiger partial charge in [-0.15, -0.1) is 0 Å². The van der Waals surface area contributed by atoms with Crippen LogP contribution >= 0.6 is 28.1 Å². The maximum atomic E-state index is 12.5. The van der Waals surface area contributed by atoms with Crippen molar-refractivity contribution in [3.8, 4) is 5.75 Å². The number of furan rings is 1. The van der Waals surface area contributed by atoms with Gasteiger partial charge in [0.15, 0.2) is 5.11 Å². The summed E-state index contributed by atoms with van der Waals surface area (Å²) in [7, 11) is 0. The molecule has 3 N–H and O–H groups in total. The Morgan fingerprint density at radius 3 is 2.42 bits per heavy atom. The van der Waals surface area contributed by atoms with Crippen molar-refractivity contribution in [1.29, 1.82) is 0 Å². The van der Waals surface area contributed by atoms with E-state index >= 15 is 0 Å². The van der Waals surface area contributed by atoms with E-state index in [0.717, 1.165) is 0 Å². The lowest BCUT2D eigenvalue weighted by Gasteiger charge is -2.13. The van der Waals surface area contributed by atoms with Gasteiger partial charge in [0.05, 0.1) is 23.9 Å². The molecule has 0 aliphatic carbocycles. The van der Waals surface area contributed by atoms with E-state index in [1.807, 2.05) is 0 Å². The number of carbonyl (C=O) groups is 2. The third-order valence-electron chi connectivity index (χ3n) is 4.40. The van der Waals surface area contributed by atoms with Gasteiger partial charge in [0.1, 0.15) is 11.5 Å². The lowest BCUT2D eigenvalue weighted by atomic mass is 10.2. The number of thiocarbonyl (C=S) groups is 1. The minimum atomic E-state index is -0.350. The van der Waals surface area contributed by atoms with Gasteiger partial charge in [-0.05, 0) is 88.7 Å². The van der Waals surface area contributed by atoms with Crippen LogP contribution in [0.5, 0.6) is 5.75 Å². The highest BCUT2D eigenvalue weighted by Crippen LogP contribution is 2.26. The molecule has 3 rings (SSSR count). The fourth-order valence-electron chi connectivity index (χ4n) is 2.74. The van der Waals surface area contributed by atoms with Crippen molar-refractivity contribution in [2.75, 3.05) is 11.9 Å². The van der Waals surface area contributed by atoms with Crippen LogP contribution in [0.1, 0.15) is 40.3 Å². The average Bonchev–Trinajstić information content (AvgIpc) is 3.30. The first kappa shape index (κ1) is 24.5. The lowest BCUT2D eigenvalue weighted by molar-refractivity contribution is 0.0946. The Labute approximate surface area is 206 Å². The highest BCUT2D eigenvalue weighted by atomic mass is 79.9. The molecular weight excluding hydrogens is 506 g/mol. The quantitative estimate of drug-likeness (QED) is 0.350. The summed E-state index contributed by atoms with van der Waals surface area (Å²) in [6.07, 6.45) is 1.56. The Bertz CT molecular complexity index is 1120. The van der Waals surface area contributed by atoms with Crippen molar-refractivity contribution in [2.45, 2.75) is 20.4 Å². The highest BCUT2D eigenvalue weighted by Gasteiger charge is 2.12. The van der Waals surface area contributed by atoms with Crippen LogP contribution in [0.3, 0.4) is 0 Å². The standard InChI is InChI=1S/C24H24BrN3O4S/c1-15(2)14-32-21-10-7-17(12-20(21)25)23(30)28-24(33)27-18-8-5-16(6-9-18)22(29)26-13-19-4-3-11-31-19/h3-12,15H,13-14H2,1-2H3,(H,26,29)(H2,27,28,30,33). The molecule has 0 unspecified atom stereocenters. The molecule has 1 aromatic heterocycles. The largest absolute Gasteiger partial charge is 0.492 e. The Balaban J connectivity index is 1.51. The Kier molecular flexibility index (Phi) is 8.62. The topological polar surface area (TPSA) is 92.6 Å². The number of benzene rings is 2. The van der Waals surface area contributed by atoms with Gasteiger partial charge in [-0.1, -0.05) is 13.8 Å². The summed E-state index contributed by atoms with van der Waals surface area (Å²) >= 11 is 8.68. The number of amides is 2. The van der Waals surface area contributed by atoms with Crippen LogP contribution in [-0.4, -0.2) is 23.5 Å². The number of ether oxygens (including phenoxy) is 1. The summed E-state index contributed by atoms with van der Waals surface area (Å²) in [4.78, 5) is 24.8. The molecule has 0 bridgehead atoms. The molecule has 0 spiro atoms. The van der Waals surface area contributed by atoms with E-state index in [9.17, 15) is 9.59 Å². The van der Waals surface area contributed by atoms with Gasteiger partial charge in [-0.3, -0.25) is 14.9 Å². The summed E-state index contributed by atoms with van der Waals surface area (Å²) in [5.41, 5.74) is 1.57. The number of hydrogen-bond donors (Lipinski definition) is 3. The van der Waals surface area contributed by atoms with Crippen LogP contribution in [0, 0.1) is 5.92 Å². The minimum Gasteiger partial charge on any atom is -0.492 e. The van der Waals surface area contributed by atoms with Crippen LogP contribution in [0.25, 0.3) is 0 Å².